The van der Waals surface area contributed by atoms with Gasteiger partial charge in [-0.2, -0.15) is 17.5 Å². The Morgan fingerprint density at radius 2 is 1.95 bits per heavy atom. The molecule has 0 fully saturated rings. The first-order valence-electron chi connectivity index (χ1n) is 5.35. The summed E-state index contributed by atoms with van der Waals surface area (Å²) < 4.78 is 46.1. The van der Waals surface area contributed by atoms with E-state index in [0.29, 0.717) is 5.56 Å². The smallest absolute Gasteiger partial charge is 0.416 e. The molecule has 20 heavy (non-hydrogen) atoms. The lowest BCUT2D eigenvalue weighted by Crippen LogP contribution is -2.05. The molecular weight excluding hydrogens is 295 g/mol. The third-order valence-electron chi connectivity index (χ3n) is 2.41. The Labute approximate surface area is 115 Å². The van der Waals surface area contributed by atoms with Crippen LogP contribution < -0.4 is 4.74 Å². The number of nitrogens with zero attached hydrogens (tertiary/aromatic N) is 1. The number of benzene rings is 1. The third kappa shape index (κ3) is 3.27. The average Bonchev–Trinajstić information content (AvgIpc) is 2.84. The van der Waals surface area contributed by atoms with Crippen LogP contribution in [-0.2, 0) is 12.8 Å². The molecule has 1 aromatic carbocycles. The van der Waals surface area contributed by atoms with Crippen LogP contribution in [0, 0.1) is 0 Å². The number of alkyl halides is 3. The van der Waals surface area contributed by atoms with E-state index in [0.717, 1.165) is 23.7 Å². The van der Waals surface area contributed by atoms with Gasteiger partial charge in [0.05, 0.1) is 5.56 Å². The van der Waals surface area contributed by atoms with Crippen molar-refractivity contribution in [3.8, 4) is 5.75 Å². The van der Waals surface area contributed by atoms with Crippen molar-refractivity contribution in [2.45, 2.75) is 12.8 Å². The zero-order chi connectivity index (χ0) is 14.8. The van der Waals surface area contributed by atoms with Crippen LogP contribution in [0.5, 0.6) is 5.75 Å². The summed E-state index contributed by atoms with van der Waals surface area (Å²) in [4.78, 5) is 10.9. The van der Waals surface area contributed by atoms with E-state index >= 15 is 0 Å². The van der Waals surface area contributed by atoms with Gasteiger partial charge in [0.25, 0.3) is 0 Å². The van der Waals surface area contributed by atoms with Crippen LogP contribution in [0.1, 0.15) is 20.8 Å². The molecule has 2 aromatic rings. The van der Waals surface area contributed by atoms with Crippen LogP contribution in [0.15, 0.2) is 30.5 Å². The maximum absolute atomic E-state index is 12.4. The monoisotopic (exact) mass is 303 g/mol. The Morgan fingerprint density at radius 3 is 2.50 bits per heavy atom. The Hall–Kier alpha value is -2.09. The highest BCUT2D eigenvalue weighted by molar-refractivity contribution is 7.08. The van der Waals surface area contributed by atoms with Crippen molar-refractivity contribution in [3.63, 3.8) is 0 Å². The number of hydrogen-bond donors (Lipinski definition) is 1. The first-order valence-corrected chi connectivity index (χ1v) is 6.12. The molecule has 0 bridgehead atoms. The standard InChI is InChI=1S/C12H8F3NO3S/c13-12(14,15)8-1-3-9(4-2-8)19-6-7-5-16-20-10(7)11(17)18/h1-5H,6H2,(H,17,18). The molecule has 8 heteroatoms. The normalized spacial score (nSPS) is 11.3. The van der Waals surface area contributed by atoms with E-state index in [4.69, 9.17) is 9.84 Å². The van der Waals surface area contributed by atoms with Gasteiger partial charge in [0, 0.05) is 11.8 Å². The van der Waals surface area contributed by atoms with Gasteiger partial charge < -0.3 is 9.84 Å². The van der Waals surface area contributed by atoms with E-state index < -0.39 is 17.7 Å². The zero-order valence-electron chi connectivity index (χ0n) is 9.85. The molecule has 4 nitrogen and oxygen atoms in total. The van der Waals surface area contributed by atoms with Crippen molar-refractivity contribution in [1.29, 1.82) is 0 Å². The summed E-state index contributed by atoms with van der Waals surface area (Å²) in [5.74, 6) is -0.890. The highest BCUT2D eigenvalue weighted by atomic mass is 32.1. The molecular formula is C12H8F3NO3S. The molecule has 0 atom stereocenters. The van der Waals surface area contributed by atoms with Crippen LogP contribution in [0.25, 0.3) is 0 Å². The van der Waals surface area contributed by atoms with Gasteiger partial charge >= 0.3 is 12.1 Å². The number of halogens is 3. The number of hydrogen-bond acceptors (Lipinski definition) is 4. The molecule has 0 saturated heterocycles. The first kappa shape index (κ1) is 14.3. The molecule has 0 saturated carbocycles. The number of carbonyl (C=O) groups is 1. The summed E-state index contributed by atoms with van der Waals surface area (Å²) in [6.07, 6.45) is -3.04. The van der Waals surface area contributed by atoms with Gasteiger partial charge in [0.2, 0.25) is 0 Å². The second-order valence-corrected chi connectivity index (χ2v) is 4.60. The van der Waals surface area contributed by atoms with E-state index in [1.54, 1.807) is 0 Å². The van der Waals surface area contributed by atoms with Crippen molar-refractivity contribution in [2.75, 3.05) is 0 Å². The van der Waals surface area contributed by atoms with Crippen molar-refractivity contribution < 1.29 is 27.8 Å². The summed E-state index contributed by atoms with van der Waals surface area (Å²) in [5.41, 5.74) is -0.393. The van der Waals surface area contributed by atoms with Crippen LogP contribution in [0.2, 0.25) is 0 Å². The number of carboxylic acid groups (broad SMARTS) is 1. The Bertz CT molecular complexity index is 607. The SMILES string of the molecule is O=C(O)c1sncc1COc1ccc(C(F)(F)F)cc1. The molecule has 106 valence electrons. The highest BCUT2D eigenvalue weighted by Gasteiger charge is 2.30. The second-order valence-electron chi connectivity index (χ2n) is 3.80. The topological polar surface area (TPSA) is 59.4 Å². The molecule has 0 unspecified atom stereocenters. The van der Waals surface area contributed by atoms with Gasteiger partial charge in [-0.3, -0.25) is 0 Å². The summed E-state index contributed by atoms with van der Waals surface area (Å²) in [6, 6.07) is 4.17. The fourth-order valence-electron chi connectivity index (χ4n) is 1.44. The van der Waals surface area contributed by atoms with Crippen molar-refractivity contribution in [1.82, 2.24) is 4.37 Å². The maximum Gasteiger partial charge on any atom is 0.416 e. The lowest BCUT2D eigenvalue weighted by molar-refractivity contribution is -0.137. The Morgan fingerprint density at radius 1 is 1.30 bits per heavy atom. The largest absolute Gasteiger partial charge is 0.489 e. The van der Waals surface area contributed by atoms with Crippen molar-refractivity contribution in [2.24, 2.45) is 0 Å². The van der Waals surface area contributed by atoms with Crippen molar-refractivity contribution >= 4 is 17.5 Å². The van der Waals surface area contributed by atoms with E-state index in [1.807, 2.05) is 0 Å². The Balaban J connectivity index is 2.04. The van der Waals surface area contributed by atoms with E-state index in [1.165, 1.54) is 18.3 Å². The van der Waals surface area contributed by atoms with Crippen LogP contribution in [-0.4, -0.2) is 15.4 Å². The van der Waals surface area contributed by atoms with Gasteiger partial charge in [0.15, 0.2) is 0 Å². The van der Waals surface area contributed by atoms with Gasteiger partial charge in [-0.25, -0.2) is 4.79 Å². The number of rotatable bonds is 4. The molecule has 0 spiro atoms. The second kappa shape index (κ2) is 5.49. The van der Waals surface area contributed by atoms with Crippen molar-refractivity contribution in [3.05, 3.63) is 46.5 Å². The van der Waals surface area contributed by atoms with Gasteiger partial charge in [-0.15, -0.1) is 0 Å². The predicted molar refractivity (Wildman–Crippen MR) is 64.8 cm³/mol. The lowest BCUT2D eigenvalue weighted by atomic mass is 10.2. The fourth-order valence-corrected chi connectivity index (χ4v) is 2.03. The van der Waals surface area contributed by atoms with Gasteiger partial charge in [-0.1, -0.05) is 0 Å². The third-order valence-corrected chi connectivity index (χ3v) is 3.24. The molecule has 0 aliphatic rings. The molecule has 0 aliphatic heterocycles. The molecule has 1 N–H and O–H groups in total. The minimum Gasteiger partial charge on any atom is -0.489 e. The molecule has 0 aliphatic carbocycles. The summed E-state index contributed by atoms with van der Waals surface area (Å²) >= 11 is 0.820. The first-order chi connectivity index (χ1) is 9.38. The van der Waals surface area contributed by atoms with Gasteiger partial charge in [-0.05, 0) is 35.8 Å². The Kier molecular flexibility index (Phi) is 3.93. The van der Waals surface area contributed by atoms with Crippen LogP contribution >= 0.6 is 11.5 Å². The molecule has 0 amide bonds. The van der Waals surface area contributed by atoms with E-state index in [-0.39, 0.29) is 17.2 Å². The maximum atomic E-state index is 12.4. The number of aromatic carboxylic acids is 1. The summed E-state index contributed by atoms with van der Waals surface area (Å²) in [6.45, 7) is -0.0660. The quantitative estimate of drug-likeness (QED) is 0.940. The fraction of sp³-hybridized carbons (Fsp3) is 0.167. The minimum absolute atomic E-state index is 0.0527. The average molecular weight is 303 g/mol. The van der Waals surface area contributed by atoms with Crippen LogP contribution in [0.3, 0.4) is 0 Å². The zero-order valence-corrected chi connectivity index (χ0v) is 10.7. The number of ether oxygens (including phenoxy) is 1. The molecule has 2 rings (SSSR count). The summed E-state index contributed by atoms with van der Waals surface area (Å²) in [5, 5.41) is 8.87. The van der Waals surface area contributed by atoms with Gasteiger partial charge in [0.1, 0.15) is 17.2 Å². The molecule has 1 aromatic heterocycles. The molecule has 1 heterocycles. The highest BCUT2D eigenvalue weighted by Crippen LogP contribution is 2.30. The molecule has 0 radical (unpaired) electrons. The minimum atomic E-state index is -4.40. The predicted octanol–water partition coefficient (Wildman–Crippen LogP) is 3.44. The number of carboxylic acids is 1. The summed E-state index contributed by atoms with van der Waals surface area (Å²) in [7, 11) is 0. The van der Waals surface area contributed by atoms with Crippen LogP contribution in [0.4, 0.5) is 13.2 Å². The lowest BCUT2D eigenvalue weighted by Gasteiger charge is -2.08. The van der Waals surface area contributed by atoms with E-state index in [9.17, 15) is 18.0 Å². The number of aromatic nitrogens is 1. The van der Waals surface area contributed by atoms with E-state index in [2.05, 4.69) is 4.37 Å².